The lowest BCUT2D eigenvalue weighted by molar-refractivity contribution is 0.581. The van der Waals surface area contributed by atoms with E-state index in [1.807, 2.05) is 31.2 Å². The van der Waals surface area contributed by atoms with Gasteiger partial charge in [0, 0.05) is 12.7 Å². The number of aryl methyl sites for hydroxylation is 1. The van der Waals surface area contributed by atoms with Crippen molar-refractivity contribution in [3.63, 3.8) is 0 Å². The Kier molecular flexibility index (Phi) is 4.33. The fourth-order valence-electron chi connectivity index (χ4n) is 1.71. The van der Waals surface area contributed by atoms with Crippen LogP contribution in [0.3, 0.4) is 0 Å². The Balaban J connectivity index is 2.10. The van der Waals surface area contributed by atoms with Crippen LogP contribution in [0.4, 0.5) is 5.82 Å². The number of hydrogen-bond acceptors (Lipinski definition) is 5. The zero-order valence-corrected chi connectivity index (χ0v) is 11.8. The summed E-state index contributed by atoms with van der Waals surface area (Å²) in [6.07, 6.45) is 1.26. The molecule has 2 rings (SSSR count). The molecule has 0 amide bonds. The molecular weight excluding hydrogens is 276 g/mol. The molecule has 0 fully saturated rings. The molecule has 0 aliphatic heterocycles. The molecule has 1 aromatic heterocycles. The standard InChI is InChI=1S/C13H16N4O2S/c1-10-3-2-4-11(7-10)8-16-20(18,19)12-5-6-13(17-14)15-9-12/h2-7,9,16H,8,14H2,1H3,(H,15,17). The van der Waals surface area contributed by atoms with Crippen molar-refractivity contribution in [1.29, 1.82) is 0 Å². The number of benzene rings is 1. The summed E-state index contributed by atoms with van der Waals surface area (Å²) in [5.74, 6) is 5.59. The van der Waals surface area contributed by atoms with Gasteiger partial charge in [-0.15, -0.1) is 0 Å². The van der Waals surface area contributed by atoms with E-state index in [1.165, 1.54) is 18.3 Å². The van der Waals surface area contributed by atoms with Crippen LogP contribution in [0.25, 0.3) is 0 Å². The minimum absolute atomic E-state index is 0.101. The van der Waals surface area contributed by atoms with Crippen LogP contribution >= 0.6 is 0 Å². The van der Waals surface area contributed by atoms with Crippen LogP contribution in [0.15, 0.2) is 47.5 Å². The highest BCUT2D eigenvalue weighted by molar-refractivity contribution is 7.89. The molecule has 20 heavy (non-hydrogen) atoms. The second-order valence-electron chi connectivity index (χ2n) is 4.34. The number of nitrogen functional groups attached to an aromatic ring is 1. The molecule has 4 N–H and O–H groups in total. The van der Waals surface area contributed by atoms with Crippen molar-refractivity contribution in [2.24, 2.45) is 5.84 Å². The topological polar surface area (TPSA) is 97.1 Å². The van der Waals surface area contributed by atoms with E-state index in [-0.39, 0.29) is 11.4 Å². The number of nitrogens with one attached hydrogen (secondary N) is 2. The van der Waals surface area contributed by atoms with E-state index < -0.39 is 10.0 Å². The first kappa shape index (κ1) is 14.4. The molecular formula is C13H16N4O2S. The van der Waals surface area contributed by atoms with E-state index in [4.69, 9.17) is 5.84 Å². The third-order valence-corrected chi connectivity index (χ3v) is 4.13. The van der Waals surface area contributed by atoms with Crippen molar-refractivity contribution >= 4 is 15.8 Å². The number of anilines is 1. The van der Waals surface area contributed by atoms with Gasteiger partial charge in [0.2, 0.25) is 10.0 Å². The molecule has 0 aliphatic carbocycles. The van der Waals surface area contributed by atoms with E-state index in [2.05, 4.69) is 15.1 Å². The normalized spacial score (nSPS) is 11.3. The second-order valence-corrected chi connectivity index (χ2v) is 6.10. The monoisotopic (exact) mass is 292 g/mol. The number of nitrogens with zero attached hydrogens (tertiary/aromatic N) is 1. The van der Waals surface area contributed by atoms with Crippen molar-refractivity contribution in [1.82, 2.24) is 9.71 Å². The summed E-state index contributed by atoms with van der Waals surface area (Å²) in [6.45, 7) is 2.20. The molecule has 0 aliphatic rings. The average Bonchev–Trinajstić information content (AvgIpc) is 2.45. The zero-order chi connectivity index (χ0) is 14.6. The minimum atomic E-state index is -3.58. The van der Waals surface area contributed by atoms with Crippen LogP contribution in [0.2, 0.25) is 0 Å². The van der Waals surface area contributed by atoms with Crippen LogP contribution in [0, 0.1) is 6.92 Å². The number of aromatic nitrogens is 1. The molecule has 0 radical (unpaired) electrons. The largest absolute Gasteiger partial charge is 0.308 e. The summed E-state index contributed by atoms with van der Waals surface area (Å²) in [7, 11) is -3.58. The molecule has 0 spiro atoms. The van der Waals surface area contributed by atoms with Crippen LogP contribution in [0.5, 0.6) is 0 Å². The Morgan fingerprint density at radius 3 is 2.65 bits per heavy atom. The number of hydrazine groups is 1. The van der Waals surface area contributed by atoms with Gasteiger partial charge in [0.1, 0.15) is 10.7 Å². The van der Waals surface area contributed by atoms with Crippen LogP contribution in [-0.2, 0) is 16.6 Å². The molecule has 0 saturated heterocycles. The van der Waals surface area contributed by atoms with Crippen molar-refractivity contribution < 1.29 is 8.42 Å². The summed E-state index contributed by atoms with van der Waals surface area (Å²) in [5.41, 5.74) is 4.33. The molecule has 6 nitrogen and oxygen atoms in total. The fraction of sp³-hybridized carbons (Fsp3) is 0.154. The van der Waals surface area contributed by atoms with Gasteiger partial charge in [0.15, 0.2) is 0 Å². The fourth-order valence-corrected chi connectivity index (χ4v) is 2.67. The predicted octanol–water partition coefficient (Wildman–Crippen LogP) is 1.15. The van der Waals surface area contributed by atoms with Crippen molar-refractivity contribution in [2.75, 3.05) is 5.43 Å². The molecule has 2 aromatic rings. The van der Waals surface area contributed by atoms with Crippen molar-refractivity contribution in [3.05, 3.63) is 53.7 Å². The third kappa shape index (κ3) is 3.53. The maximum atomic E-state index is 12.1. The molecule has 0 bridgehead atoms. The van der Waals surface area contributed by atoms with E-state index in [9.17, 15) is 8.42 Å². The summed E-state index contributed by atoms with van der Waals surface area (Å²) in [4.78, 5) is 3.98. The summed E-state index contributed by atoms with van der Waals surface area (Å²) >= 11 is 0. The van der Waals surface area contributed by atoms with E-state index >= 15 is 0 Å². The van der Waals surface area contributed by atoms with Gasteiger partial charge in [-0.25, -0.2) is 24.0 Å². The SMILES string of the molecule is Cc1cccc(CNS(=O)(=O)c2ccc(NN)nc2)c1. The molecule has 0 atom stereocenters. The lowest BCUT2D eigenvalue weighted by Crippen LogP contribution is -2.23. The molecule has 0 unspecified atom stereocenters. The van der Waals surface area contributed by atoms with Gasteiger partial charge in [0.25, 0.3) is 0 Å². The van der Waals surface area contributed by atoms with E-state index in [0.717, 1.165) is 11.1 Å². The van der Waals surface area contributed by atoms with Gasteiger partial charge in [-0.2, -0.15) is 0 Å². The van der Waals surface area contributed by atoms with Crippen LogP contribution in [0.1, 0.15) is 11.1 Å². The number of rotatable bonds is 5. The zero-order valence-electron chi connectivity index (χ0n) is 11.0. The first-order valence-electron chi connectivity index (χ1n) is 5.99. The lowest BCUT2D eigenvalue weighted by Gasteiger charge is -2.07. The molecule has 0 saturated carbocycles. The number of nitrogens with two attached hydrogens (primary N) is 1. The summed E-state index contributed by atoms with van der Waals surface area (Å²) in [5, 5.41) is 0. The van der Waals surface area contributed by atoms with Gasteiger partial charge in [-0.05, 0) is 24.6 Å². The summed E-state index contributed by atoms with van der Waals surface area (Å²) in [6, 6.07) is 10.6. The Labute approximate surface area is 118 Å². The highest BCUT2D eigenvalue weighted by Crippen LogP contribution is 2.11. The smallest absolute Gasteiger partial charge is 0.242 e. The minimum Gasteiger partial charge on any atom is -0.308 e. The number of sulfonamides is 1. The van der Waals surface area contributed by atoms with Gasteiger partial charge >= 0.3 is 0 Å². The molecule has 1 aromatic carbocycles. The van der Waals surface area contributed by atoms with Crippen molar-refractivity contribution in [3.8, 4) is 0 Å². The number of pyridine rings is 1. The maximum Gasteiger partial charge on any atom is 0.242 e. The highest BCUT2D eigenvalue weighted by Gasteiger charge is 2.14. The van der Waals surface area contributed by atoms with E-state index in [1.54, 1.807) is 0 Å². The Bertz CT molecular complexity index is 684. The van der Waals surface area contributed by atoms with Gasteiger partial charge in [-0.3, -0.25) is 0 Å². The summed E-state index contributed by atoms with van der Waals surface area (Å²) < 4.78 is 26.7. The third-order valence-electron chi connectivity index (χ3n) is 2.74. The maximum absolute atomic E-state index is 12.1. The lowest BCUT2D eigenvalue weighted by atomic mass is 10.1. The van der Waals surface area contributed by atoms with Crippen LogP contribution < -0.4 is 16.0 Å². The Morgan fingerprint density at radius 1 is 1.25 bits per heavy atom. The Hall–Kier alpha value is -1.96. The average molecular weight is 292 g/mol. The first-order valence-corrected chi connectivity index (χ1v) is 7.47. The van der Waals surface area contributed by atoms with Gasteiger partial charge in [-0.1, -0.05) is 29.8 Å². The van der Waals surface area contributed by atoms with Gasteiger partial charge < -0.3 is 5.43 Å². The predicted molar refractivity (Wildman–Crippen MR) is 77.3 cm³/mol. The number of hydrogen-bond donors (Lipinski definition) is 3. The molecule has 106 valence electrons. The van der Waals surface area contributed by atoms with E-state index in [0.29, 0.717) is 5.82 Å². The van der Waals surface area contributed by atoms with Crippen molar-refractivity contribution in [2.45, 2.75) is 18.4 Å². The van der Waals surface area contributed by atoms with Gasteiger partial charge in [0.05, 0.1) is 0 Å². The Morgan fingerprint density at radius 2 is 2.05 bits per heavy atom. The van der Waals surface area contributed by atoms with Crippen LogP contribution in [-0.4, -0.2) is 13.4 Å². The molecule has 1 heterocycles. The quantitative estimate of drug-likeness (QED) is 0.567. The highest BCUT2D eigenvalue weighted by atomic mass is 32.2. The second kappa shape index (κ2) is 6.00. The molecule has 7 heteroatoms. The first-order chi connectivity index (χ1) is 9.51.